The zero-order valence-corrected chi connectivity index (χ0v) is 39.6. The Labute approximate surface area is 395 Å². The number of hydrogen-bond donors (Lipinski definition) is 4. The second kappa shape index (κ2) is 18.9. The van der Waals surface area contributed by atoms with Gasteiger partial charge >= 0.3 is 24.2 Å². The third-order valence-electron chi connectivity index (χ3n) is 14.4. The van der Waals surface area contributed by atoms with Gasteiger partial charge in [0, 0.05) is 36.0 Å². The molecule has 7 rings (SSSR count). The molecule has 0 spiro atoms. The number of rotatable bonds is 12. The fourth-order valence-electron chi connectivity index (χ4n) is 11.0. The molecule has 1 heterocycles. The summed E-state index contributed by atoms with van der Waals surface area (Å²) < 4.78 is 35.5. The van der Waals surface area contributed by atoms with Crippen molar-refractivity contribution in [3.8, 4) is 0 Å². The summed E-state index contributed by atoms with van der Waals surface area (Å²) in [5.41, 5.74) is -7.16. The first-order valence-corrected chi connectivity index (χ1v) is 22.8. The molecule has 0 radical (unpaired) electrons. The molecule has 68 heavy (non-hydrogen) atoms. The van der Waals surface area contributed by atoms with Gasteiger partial charge < -0.3 is 53.9 Å². The molecule has 6 unspecified atom stereocenters. The average molecular weight is 940 g/mol. The lowest BCUT2D eigenvalue weighted by Crippen LogP contribution is -2.78. The Morgan fingerprint density at radius 3 is 2.06 bits per heavy atom. The molecular formula is C52H61NO15. The minimum Gasteiger partial charge on any atom is -0.455 e. The van der Waals surface area contributed by atoms with Crippen molar-refractivity contribution in [2.24, 2.45) is 22.2 Å². The highest BCUT2D eigenvalue weighted by molar-refractivity contribution is 5.94. The first-order valence-electron chi connectivity index (χ1n) is 22.8. The molecule has 0 aromatic heterocycles. The van der Waals surface area contributed by atoms with Crippen molar-refractivity contribution >= 4 is 35.8 Å². The molecule has 3 fully saturated rings. The van der Waals surface area contributed by atoms with E-state index in [1.54, 1.807) is 113 Å². The number of hydrogen-bond acceptors (Lipinski definition) is 15. The summed E-state index contributed by atoms with van der Waals surface area (Å²) in [7, 11) is 0. The standard InChI is InChI=1S/C52H61NO15/c1-29(54)25-51-28-64-36(51)24-35(55)50(8)41(51)43(67-44(58)33-22-16-11-17-23-33)52(62)26-34(30(2)37(49(52,6)7)39(56)42(50)57)65-45(59)40(66-47(61)63-27-31-18-12-9-13-19-31)38(32-20-14-10-15-21-32)53-46(60)68-48(3,4)5/h9-23,34-36,38-41,43,55-56,62H,24-28H2,1-8H3,(H,53,60)/t34-,35?,36?,38-,39?,40+,41?,43-,50?,51+,52?/m0/s1. The lowest BCUT2D eigenvalue weighted by molar-refractivity contribution is -0.319. The molecule has 2 saturated carbocycles. The van der Waals surface area contributed by atoms with E-state index in [4.69, 9.17) is 28.4 Å². The van der Waals surface area contributed by atoms with Gasteiger partial charge in [-0.15, -0.1) is 0 Å². The van der Waals surface area contributed by atoms with Gasteiger partial charge in [-0.25, -0.2) is 19.2 Å². The predicted molar refractivity (Wildman–Crippen MR) is 242 cm³/mol. The minimum absolute atomic E-state index is 0.0690. The number of benzene rings is 3. The molecule has 364 valence electrons. The minimum atomic E-state index is -2.36. The van der Waals surface area contributed by atoms with Crippen LogP contribution >= 0.6 is 0 Å². The topological polar surface area (TPSA) is 231 Å². The van der Waals surface area contributed by atoms with E-state index in [0.29, 0.717) is 5.56 Å². The maximum Gasteiger partial charge on any atom is 0.509 e. The third kappa shape index (κ3) is 9.18. The normalized spacial score (nSPS) is 30.3. The maximum atomic E-state index is 15.3. The van der Waals surface area contributed by atoms with E-state index < -0.39 is 112 Å². The molecule has 4 aliphatic rings. The van der Waals surface area contributed by atoms with Crippen LogP contribution in [0, 0.1) is 22.2 Å². The van der Waals surface area contributed by atoms with Crippen molar-refractivity contribution in [3.63, 3.8) is 0 Å². The second-order valence-corrected chi connectivity index (χ2v) is 20.3. The van der Waals surface area contributed by atoms with Crippen LogP contribution < -0.4 is 5.32 Å². The third-order valence-corrected chi connectivity index (χ3v) is 14.4. The van der Waals surface area contributed by atoms with Gasteiger partial charge in [-0.1, -0.05) is 92.7 Å². The van der Waals surface area contributed by atoms with Crippen LogP contribution in [0.3, 0.4) is 0 Å². The monoisotopic (exact) mass is 939 g/mol. The average Bonchev–Trinajstić information content (AvgIpc) is 3.28. The van der Waals surface area contributed by atoms with E-state index in [1.165, 1.54) is 32.9 Å². The molecule has 1 saturated heterocycles. The Bertz CT molecular complexity index is 2430. The molecule has 2 bridgehead atoms. The lowest BCUT2D eigenvalue weighted by Gasteiger charge is -2.68. The van der Waals surface area contributed by atoms with Crippen LogP contribution in [0.2, 0.25) is 0 Å². The lowest BCUT2D eigenvalue weighted by atomic mass is 9.41. The molecular weight excluding hydrogens is 879 g/mol. The molecule has 16 nitrogen and oxygen atoms in total. The number of carbonyl (C=O) groups excluding carboxylic acids is 6. The number of carbonyl (C=O) groups is 6. The van der Waals surface area contributed by atoms with Gasteiger partial charge in [0.05, 0.1) is 29.8 Å². The number of alkyl carbamates (subject to hydrolysis) is 1. The zero-order chi connectivity index (χ0) is 49.6. The van der Waals surface area contributed by atoms with Gasteiger partial charge in [0.25, 0.3) is 0 Å². The van der Waals surface area contributed by atoms with E-state index in [2.05, 4.69) is 5.32 Å². The highest BCUT2D eigenvalue weighted by Gasteiger charge is 2.76. The Hall–Kier alpha value is -5.94. The van der Waals surface area contributed by atoms with Gasteiger partial charge in [-0.2, -0.15) is 0 Å². The Kier molecular flexibility index (Phi) is 13.9. The highest BCUT2D eigenvalue weighted by atomic mass is 16.7. The molecule has 3 aromatic rings. The second-order valence-electron chi connectivity index (χ2n) is 20.3. The fourth-order valence-corrected chi connectivity index (χ4v) is 11.0. The molecule has 11 atom stereocenters. The quantitative estimate of drug-likeness (QED) is 0.0889. The van der Waals surface area contributed by atoms with E-state index in [9.17, 15) is 34.5 Å². The van der Waals surface area contributed by atoms with Crippen LogP contribution in [0.5, 0.6) is 0 Å². The van der Waals surface area contributed by atoms with Crippen LogP contribution in [0.1, 0.15) is 102 Å². The number of ketones is 2. The van der Waals surface area contributed by atoms with Crippen molar-refractivity contribution in [2.45, 2.75) is 135 Å². The van der Waals surface area contributed by atoms with Crippen LogP contribution in [0.15, 0.2) is 102 Å². The number of aliphatic hydroxyl groups is 3. The number of fused-ring (bicyclic) bond motifs is 5. The summed E-state index contributed by atoms with van der Waals surface area (Å²) in [6.45, 7) is 12.1. The smallest absolute Gasteiger partial charge is 0.455 e. The van der Waals surface area contributed by atoms with E-state index in [0.717, 1.165) is 0 Å². The van der Waals surface area contributed by atoms with Crippen LogP contribution in [0.4, 0.5) is 9.59 Å². The summed E-state index contributed by atoms with van der Waals surface area (Å²) in [6.07, 6.45) is -12.7. The molecule has 4 N–H and O–H groups in total. The van der Waals surface area contributed by atoms with Crippen LogP contribution in [-0.4, -0.2) is 106 Å². The summed E-state index contributed by atoms with van der Waals surface area (Å²) in [5, 5.41) is 40.9. The van der Waals surface area contributed by atoms with Gasteiger partial charge in [0.1, 0.15) is 47.9 Å². The summed E-state index contributed by atoms with van der Waals surface area (Å²) in [5.74, 6) is -4.65. The summed E-state index contributed by atoms with van der Waals surface area (Å²) in [6, 6.07) is 23.3. The summed E-state index contributed by atoms with van der Waals surface area (Å²) >= 11 is 0. The number of amides is 1. The zero-order valence-electron chi connectivity index (χ0n) is 39.6. The molecule has 3 aliphatic carbocycles. The maximum absolute atomic E-state index is 15.3. The van der Waals surface area contributed by atoms with Crippen LogP contribution in [-0.2, 0) is 49.4 Å². The van der Waals surface area contributed by atoms with Crippen molar-refractivity contribution in [2.75, 3.05) is 6.61 Å². The Morgan fingerprint density at radius 2 is 1.49 bits per heavy atom. The van der Waals surface area contributed by atoms with Gasteiger partial charge in [0.15, 0.2) is 5.78 Å². The first kappa shape index (κ1) is 50.0. The Morgan fingerprint density at radius 1 is 0.882 bits per heavy atom. The van der Waals surface area contributed by atoms with Crippen molar-refractivity contribution in [3.05, 3.63) is 119 Å². The first-order chi connectivity index (χ1) is 31.9. The largest absolute Gasteiger partial charge is 0.509 e. The fraction of sp³-hybridized carbons (Fsp3) is 0.500. The van der Waals surface area contributed by atoms with Crippen molar-refractivity contribution in [1.29, 1.82) is 0 Å². The molecule has 1 aliphatic heterocycles. The van der Waals surface area contributed by atoms with Crippen molar-refractivity contribution in [1.82, 2.24) is 5.32 Å². The SMILES string of the molecule is CC(=O)C[C@@]12COC1CC(O)C1(C)C(=O)C(O)C3=C(C)[C@@H](OC(=O)[C@H](OC(=O)OCc4ccccc4)[C@@H](NC(=O)OC(C)(C)C)c4ccccc4)CC(O)([C@@H](OC(=O)c4ccccc4)C12)C3(C)C. The molecule has 1 amide bonds. The van der Waals surface area contributed by atoms with E-state index in [1.807, 2.05) is 0 Å². The Balaban J connectivity index is 1.36. The number of esters is 2. The van der Waals surface area contributed by atoms with Gasteiger partial charge in [-0.3, -0.25) is 4.79 Å². The molecule has 16 heteroatoms. The van der Waals surface area contributed by atoms with E-state index in [-0.39, 0.29) is 54.1 Å². The molecule has 3 aromatic carbocycles. The number of nitrogens with one attached hydrogen (secondary N) is 1. The van der Waals surface area contributed by atoms with Crippen molar-refractivity contribution < 1.29 is 72.5 Å². The number of ether oxygens (including phenoxy) is 6. The van der Waals surface area contributed by atoms with Gasteiger partial charge in [-0.05, 0) is 75.9 Å². The summed E-state index contributed by atoms with van der Waals surface area (Å²) in [4.78, 5) is 85.0. The van der Waals surface area contributed by atoms with Crippen LogP contribution in [0.25, 0.3) is 0 Å². The number of Topliss-reactive ketones (excluding diaryl/α,β-unsaturated/α-hetero) is 2. The predicted octanol–water partition coefficient (Wildman–Crippen LogP) is 6.28. The van der Waals surface area contributed by atoms with Gasteiger partial charge in [0.2, 0.25) is 6.10 Å². The highest BCUT2D eigenvalue weighted by Crippen LogP contribution is 2.67. The van der Waals surface area contributed by atoms with E-state index >= 15 is 9.59 Å². The number of aliphatic hydroxyl groups excluding tert-OH is 2.